The van der Waals surface area contributed by atoms with Crippen LogP contribution in [0.4, 0.5) is 23.0 Å². The van der Waals surface area contributed by atoms with Crippen LogP contribution in [0.2, 0.25) is 0 Å². The second-order valence-electron chi connectivity index (χ2n) is 11.5. The highest BCUT2D eigenvalue weighted by atomic mass is 32.2. The molecule has 12 nitrogen and oxygen atoms in total. The first-order valence-corrected chi connectivity index (χ1v) is 16.9. The SMILES string of the molecule is Cc1nc2c(Nc3ccc(C4CCCCO4)cc3S(C)(=O)=O)cc(Nc3cc4n(n3)CCOC4)nc2n1C1CCCCO1. The number of nitrogens with one attached hydrogen (secondary N) is 2. The van der Waals surface area contributed by atoms with Crippen LogP contribution < -0.4 is 10.6 Å². The van der Waals surface area contributed by atoms with E-state index < -0.39 is 9.84 Å². The zero-order valence-corrected chi connectivity index (χ0v) is 25.3. The molecule has 0 bridgehead atoms. The molecule has 2 atom stereocenters. The fourth-order valence-electron chi connectivity index (χ4n) is 6.19. The van der Waals surface area contributed by atoms with E-state index in [0.717, 1.165) is 55.6 Å². The van der Waals surface area contributed by atoms with Crippen LogP contribution in [0.25, 0.3) is 11.2 Å². The Hall–Kier alpha value is -3.52. The summed E-state index contributed by atoms with van der Waals surface area (Å²) in [5, 5.41) is 11.5. The highest BCUT2D eigenvalue weighted by Gasteiger charge is 2.26. The average molecular weight is 608 g/mol. The molecule has 2 saturated heterocycles. The topological polar surface area (TPSA) is 134 Å². The maximum atomic E-state index is 13.0. The van der Waals surface area contributed by atoms with Gasteiger partial charge >= 0.3 is 0 Å². The fourth-order valence-corrected chi connectivity index (χ4v) is 7.06. The van der Waals surface area contributed by atoms with Crippen molar-refractivity contribution in [2.45, 2.75) is 75.8 Å². The Morgan fingerprint density at radius 1 is 0.907 bits per heavy atom. The van der Waals surface area contributed by atoms with Crippen molar-refractivity contribution in [2.75, 3.05) is 36.7 Å². The number of ether oxygens (including phenoxy) is 3. The number of benzene rings is 1. The number of fused-ring (bicyclic) bond motifs is 2. The molecule has 13 heteroatoms. The second-order valence-corrected chi connectivity index (χ2v) is 13.5. The van der Waals surface area contributed by atoms with E-state index in [9.17, 15) is 8.42 Å². The number of pyridine rings is 1. The van der Waals surface area contributed by atoms with E-state index in [-0.39, 0.29) is 17.2 Å². The van der Waals surface area contributed by atoms with Gasteiger partial charge in [-0.2, -0.15) is 5.10 Å². The van der Waals surface area contributed by atoms with Gasteiger partial charge in [-0.25, -0.2) is 18.4 Å². The largest absolute Gasteiger partial charge is 0.374 e. The standard InChI is InChI=1S/C30H37N7O5S/c1-19-31-29-23(32-22-10-9-20(15-25(22)43(2,38)39)24-7-3-5-12-41-24)17-26(33-27-16-21-18-40-14-11-36(21)35-27)34-30(29)37(19)28-8-4-6-13-42-28/h9-10,15-17,24,28H,3-8,11-14,18H2,1-2H3,(H2,32,33,34,35). The summed E-state index contributed by atoms with van der Waals surface area (Å²) >= 11 is 0. The summed E-state index contributed by atoms with van der Waals surface area (Å²) in [7, 11) is -3.57. The van der Waals surface area contributed by atoms with Crippen molar-refractivity contribution in [1.82, 2.24) is 24.3 Å². The summed E-state index contributed by atoms with van der Waals surface area (Å²) in [6.45, 7) is 5.14. The van der Waals surface area contributed by atoms with Crippen LogP contribution in [0.15, 0.2) is 35.2 Å². The number of aromatic nitrogens is 5. The molecule has 0 amide bonds. The molecule has 1 aromatic carbocycles. The third kappa shape index (κ3) is 5.74. The number of sulfone groups is 1. The highest BCUT2D eigenvalue weighted by Crippen LogP contribution is 2.37. The minimum atomic E-state index is -3.57. The van der Waals surface area contributed by atoms with Crippen LogP contribution in [0.3, 0.4) is 0 Å². The smallest absolute Gasteiger partial charge is 0.177 e. The number of anilines is 4. The van der Waals surface area contributed by atoms with Gasteiger partial charge in [0.25, 0.3) is 0 Å². The van der Waals surface area contributed by atoms with Crippen molar-refractivity contribution in [1.29, 1.82) is 0 Å². The van der Waals surface area contributed by atoms with Gasteiger partial charge in [0.05, 0.1) is 47.8 Å². The monoisotopic (exact) mass is 607 g/mol. The predicted octanol–water partition coefficient (Wildman–Crippen LogP) is 5.30. The van der Waals surface area contributed by atoms with Gasteiger partial charge in [0.15, 0.2) is 21.3 Å². The summed E-state index contributed by atoms with van der Waals surface area (Å²) in [5.41, 5.74) is 4.24. The summed E-state index contributed by atoms with van der Waals surface area (Å²) in [4.78, 5) is 10.1. The van der Waals surface area contributed by atoms with Crippen molar-refractivity contribution in [3.63, 3.8) is 0 Å². The zero-order valence-electron chi connectivity index (χ0n) is 24.5. The molecule has 2 fully saturated rings. The summed E-state index contributed by atoms with van der Waals surface area (Å²) in [6, 6.07) is 9.31. The van der Waals surface area contributed by atoms with E-state index in [1.165, 1.54) is 6.26 Å². The molecule has 3 aromatic heterocycles. The number of aryl methyl sites for hydroxylation is 1. The first kappa shape index (κ1) is 28.3. The lowest BCUT2D eigenvalue weighted by Crippen LogP contribution is -2.19. The molecule has 3 aliphatic heterocycles. The molecule has 7 rings (SSSR count). The van der Waals surface area contributed by atoms with Crippen LogP contribution in [0.1, 0.15) is 67.9 Å². The molecule has 2 N–H and O–H groups in total. The van der Waals surface area contributed by atoms with E-state index in [1.807, 2.05) is 40.4 Å². The maximum absolute atomic E-state index is 13.0. The van der Waals surface area contributed by atoms with Crippen molar-refractivity contribution in [2.24, 2.45) is 0 Å². The van der Waals surface area contributed by atoms with Gasteiger partial charge in [-0.05, 0) is 63.1 Å². The summed E-state index contributed by atoms with van der Waals surface area (Å²) < 4.78 is 47.7. The first-order chi connectivity index (χ1) is 20.8. The Morgan fingerprint density at radius 3 is 2.49 bits per heavy atom. The zero-order chi connectivity index (χ0) is 29.6. The van der Waals surface area contributed by atoms with Crippen molar-refractivity contribution >= 4 is 44.0 Å². The molecular weight excluding hydrogens is 570 g/mol. The maximum Gasteiger partial charge on any atom is 0.177 e. The van der Waals surface area contributed by atoms with Gasteiger partial charge in [-0.15, -0.1) is 0 Å². The number of nitrogens with zero attached hydrogens (tertiary/aromatic N) is 5. The molecular formula is C30H37N7O5S. The number of hydrogen-bond acceptors (Lipinski definition) is 10. The van der Waals surface area contributed by atoms with Crippen LogP contribution in [-0.2, 0) is 37.2 Å². The molecule has 3 aliphatic rings. The molecule has 6 heterocycles. The molecule has 0 spiro atoms. The lowest BCUT2D eigenvalue weighted by molar-refractivity contribution is -0.0308. The van der Waals surface area contributed by atoms with Gasteiger partial charge in [0.1, 0.15) is 23.4 Å². The van der Waals surface area contributed by atoms with Gasteiger partial charge in [0, 0.05) is 31.6 Å². The van der Waals surface area contributed by atoms with E-state index >= 15 is 0 Å². The molecule has 2 unspecified atom stereocenters. The molecule has 0 aliphatic carbocycles. The first-order valence-electron chi connectivity index (χ1n) is 15.0. The predicted molar refractivity (Wildman–Crippen MR) is 162 cm³/mol. The van der Waals surface area contributed by atoms with E-state index in [1.54, 1.807) is 6.07 Å². The van der Waals surface area contributed by atoms with Crippen molar-refractivity contribution < 1.29 is 22.6 Å². The summed E-state index contributed by atoms with van der Waals surface area (Å²) in [5.74, 6) is 1.98. The van der Waals surface area contributed by atoms with E-state index in [2.05, 4.69) is 15.7 Å². The normalized spacial score (nSPS) is 21.1. The molecule has 43 heavy (non-hydrogen) atoms. The van der Waals surface area contributed by atoms with Crippen LogP contribution in [0.5, 0.6) is 0 Å². The van der Waals surface area contributed by atoms with Crippen molar-refractivity contribution in [3.8, 4) is 0 Å². The number of rotatable bonds is 7. The molecule has 0 saturated carbocycles. The van der Waals surface area contributed by atoms with E-state index in [0.29, 0.717) is 67.1 Å². The van der Waals surface area contributed by atoms with Crippen LogP contribution in [-0.4, -0.2) is 58.8 Å². The fraction of sp³-hybridized carbons (Fsp3) is 0.500. The van der Waals surface area contributed by atoms with Crippen LogP contribution >= 0.6 is 0 Å². The third-order valence-electron chi connectivity index (χ3n) is 8.31. The quantitative estimate of drug-likeness (QED) is 0.285. The van der Waals surface area contributed by atoms with Gasteiger partial charge in [-0.3, -0.25) is 9.25 Å². The highest BCUT2D eigenvalue weighted by molar-refractivity contribution is 7.90. The molecule has 4 aromatic rings. The number of hydrogen-bond donors (Lipinski definition) is 2. The summed E-state index contributed by atoms with van der Waals surface area (Å²) in [6.07, 6.45) is 6.87. The Kier molecular flexibility index (Phi) is 7.58. The van der Waals surface area contributed by atoms with Crippen molar-refractivity contribution in [3.05, 3.63) is 47.4 Å². The average Bonchev–Trinajstić information content (AvgIpc) is 3.57. The minimum Gasteiger partial charge on any atom is -0.374 e. The molecule has 0 radical (unpaired) electrons. The Balaban J connectivity index is 1.31. The lowest BCUT2D eigenvalue weighted by atomic mass is 10.0. The Morgan fingerprint density at radius 2 is 1.74 bits per heavy atom. The lowest BCUT2D eigenvalue weighted by Gasteiger charge is -2.25. The molecule has 228 valence electrons. The minimum absolute atomic E-state index is 0.105. The Labute approximate surface area is 250 Å². The Bertz CT molecular complexity index is 1730. The van der Waals surface area contributed by atoms with E-state index in [4.69, 9.17) is 24.2 Å². The number of imidazole rings is 1. The third-order valence-corrected chi connectivity index (χ3v) is 9.45. The van der Waals surface area contributed by atoms with Gasteiger partial charge in [-0.1, -0.05) is 6.07 Å². The van der Waals surface area contributed by atoms with Gasteiger partial charge < -0.3 is 24.8 Å². The van der Waals surface area contributed by atoms with Gasteiger partial charge in [0.2, 0.25) is 0 Å². The van der Waals surface area contributed by atoms with Crippen LogP contribution in [0, 0.1) is 6.92 Å². The second kappa shape index (κ2) is 11.5.